The molecule has 0 radical (unpaired) electrons. The monoisotopic (exact) mass is 368 g/mol. The molecule has 4 aromatic rings. The Morgan fingerprint density at radius 2 is 1.54 bits per heavy atom. The van der Waals surface area contributed by atoms with Gasteiger partial charge in [-0.15, -0.1) is 0 Å². The Morgan fingerprint density at radius 3 is 2.39 bits per heavy atom. The van der Waals surface area contributed by atoms with Crippen molar-refractivity contribution >= 4 is 22.5 Å². The standard InChI is InChI=1S/C22H20N6/c1-2-6-20-18(5-1)21(8-11-24-20)27-12-14-28(15-13-27)22-25-10-7-19(26-22)17-4-3-9-23-16-17/h1-11,16H,12-15H2. The van der Waals surface area contributed by atoms with Crippen molar-refractivity contribution in [3.63, 3.8) is 0 Å². The number of fused-ring (bicyclic) bond motifs is 1. The second-order valence-electron chi connectivity index (χ2n) is 6.80. The van der Waals surface area contributed by atoms with Crippen LogP contribution in [-0.4, -0.2) is 46.1 Å². The van der Waals surface area contributed by atoms with E-state index in [4.69, 9.17) is 4.98 Å². The van der Waals surface area contributed by atoms with Crippen molar-refractivity contribution in [1.29, 1.82) is 0 Å². The van der Waals surface area contributed by atoms with E-state index in [-0.39, 0.29) is 0 Å². The minimum absolute atomic E-state index is 0.778. The van der Waals surface area contributed by atoms with Gasteiger partial charge in [0.2, 0.25) is 5.95 Å². The van der Waals surface area contributed by atoms with Gasteiger partial charge in [0.15, 0.2) is 0 Å². The predicted molar refractivity (Wildman–Crippen MR) is 111 cm³/mol. The first-order chi connectivity index (χ1) is 13.9. The number of pyridine rings is 2. The molecule has 3 aromatic heterocycles. The van der Waals surface area contributed by atoms with Crippen molar-refractivity contribution in [2.45, 2.75) is 0 Å². The van der Waals surface area contributed by atoms with E-state index < -0.39 is 0 Å². The minimum Gasteiger partial charge on any atom is -0.367 e. The molecule has 1 saturated heterocycles. The topological polar surface area (TPSA) is 58.0 Å². The highest BCUT2D eigenvalue weighted by Gasteiger charge is 2.21. The molecule has 0 aliphatic carbocycles. The third-order valence-corrected chi connectivity index (χ3v) is 5.13. The van der Waals surface area contributed by atoms with Gasteiger partial charge in [-0.3, -0.25) is 9.97 Å². The number of nitrogens with zero attached hydrogens (tertiary/aromatic N) is 6. The molecule has 0 N–H and O–H groups in total. The third kappa shape index (κ3) is 3.13. The fourth-order valence-corrected chi connectivity index (χ4v) is 3.68. The lowest BCUT2D eigenvalue weighted by Crippen LogP contribution is -2.47. The minimum atomic E-state index is 0.778. The average molecular weight is 368 g/mol. The summed E-state index contributed by atoms with van der Waals surface area (Å²) < 4.78 is 0. The predicted octanol–water partition coefficient (Wildman–Crippen LogP) is 3.41. The summed E-state index contributed by atoms with van der Waals surface area (Å²) >= 11 is 0. The molecule has 1 aromatic carbocycles. The zero-order chi connectivity index (χ0) is 18.8. The molecule has 1 fully saturated rings. The molecule has 0 amide bonds. The lowest BCUT2D eigenvalue weighted by molar-refractivity contribution is 0.641. The fraction of sp³-hybridized carbons (Fsp3) is 0.182. The first-order valence-electron chi connectivity index (χ1n) is 9.45. The molecule has 1 aliphatic heterocycles. The van der Waals surface area contributed by atoms with Crippen molar-refractivity contribution in [2.24, 2.45) is 0 Å². The van der Waals surface area contributed by atoms with Crippen molar-refractivity contribution in [3.05, 3.63) is 73.3 Å². The number of rotatable bonds is 3. The van der Waals surface area contributed by atoms with Crippen LogP contribution < -0.4 is 9.80 Å². The SMILES string of the molecule is c1cncc(-c2ccnc(N3CCN(c4ccnc5ccccc45)CC3)n2)c1. The highest BCUT2D eigenvalue weighted by molar-refractivity contribution is 5.91. The van der Waals surface area contributed by atoms with Crippen LogP contribution in [0.25, 0.3) is 22.2 Å². The molecule has 28 heavy (non-hydrogen) atoms. The first-order valence-corrected chi connectivity index (χ1v) is 9.45. The van der Waals surface area contributed by atoms with E-state index in [1.165, 1.54) is 11.1 Å². The van der Waals surface area contributed by atoms with Crippen LogP contribution in [0.3, 0.4) is 0 Å². The normalized spacial score (nSPS) is 14.4. The number of benzene rings is 1. The van der Waals surface area contributed by atoms with Gasteiger partial charge in [-0.05, 0) is 30.3 Å². The molecule has 0 spiro atoms. The summed E-state index contributed by atoms with van der Waals surface area (Å²) in [6.45, 7) is 3.61. The molecule has 1 aliphatic rings. The molecule has 138 valence electrons. The smallest absolute Gasteiger partial charge is 0.225 e. The van der Waals surface area contributed by atoms with Crippen molar-refractivity contribution in [1.82, 2.24) is 19.9 Å². The van der Waals surface area contributed by atoms with Gasteiger partial charge in [-0.25, -0.2) is 9.97 Å². The lowest BCUT2D eigenvalue weighted by Gasteiger charge is -2.36. The van der Waals surface area contributed by atoms with E-state index in [0.29, 0.717) is 0 Å². The summed E-state index contributed by atoms with van der Waals surface area (Å²) in [4.78, 5) is 22.6. The van der Waals surface area contributed by atoms with Crippen LogP contribution in [0.4, 0.5) is 11.6 Å². The fourth-order valence-electron chi connectivity index (χ4n) is 3.68. The summed E-state index contributed by atoms with van der Waals surface area (Å²) in [6.07, 6.45) is 7.32. The Hall–Kier alpha value is -3.54. The van der Waals surface area contributed by atoms with Crippen LogP contribution in [0.15, 0.2) is 73.3 Å². The molecule has 0 atom stereocenters. The van der Waals surface area contributed by atoms with Crippen LogP contribution in [0.2, 0.25) is 0 Å². The number of aromatic nitrogens is 4. The lowest BCUT2D eigenvalue weighted by atomic mass is 10.1. The number of hydrogen-bond acceptors (Lipinski definition) is 6. The van der Waals surface area contributed by atoms with Crippen molar-refractivity contribution in [2.75, 3.05) is 36.0 Å². The van der Waals surface area contributed by atoms with E-state index in [2.05, 4.69) is 49.0 Å². The number of anilines is 2. The Bertz CT molecular complexity index is 1080. The molecule has 4 heterocycles. The summed E-state index contributed by atoms with van der Waals surface area (Å²) in [7, 11) is 0. The quantitative estimate of drug-likeness (QED) is 0.552. The summed E-state index contributed by atoms with van der Waals surface area (Å²) in [6, 6.07) is 16.3. The Balaban J connectivity index is 1.35. The molecule has 0 unspecified atom stereocenters. The second kappa shape index (κ2) is 7.23. The molecule has 5 rings (SSSR count). The molecule has 0 bridgehead atoms. The van der Waals surface area contributed by atoms with Gasteiger partial charge in [-0.1, -0.05) is 18.2 Å². The highest BCUT2D eigenvalue weighted by Crippen LogP contribution is 2.27. The van der Waals surface area contributed by atoms with E-state index in [9.17, 15) is 0 Å². The van der Waals surface area contributed by atoms with Crippen LogP contribution >= 0.6 is 0 Å². The number of piperazine rings is 1. The summed E-state index contributed by atoms with van der Waals surface area (Å²) in [5, 5.41) is 1.20. The second-order valence-corrected chi connectivity index (χ2v) is 6.80. The molecular formula is C22H20N6. The molecular weight excluding hydrogens is 348 g/mol. The maximum absolute atomic E-state index is 4.76. The van der Waals surface area contributed by atoms with Gasteiger partial charge in [-0.2, -0.15) is 0 Å². The highest BCUT2D eigenvalue weighted by atomic mass is 15.3. The van der Waals surface area contributed by atoms with E-state index in [1.54, 1.807) is 6.20 Å². The van der Waals surface area contributed by atoms with Gasteiger partial charge in [0, 0.05) is 67.6 Å². The summed E-state index contributed by atoms with van der Waals surface area (Å²) in [5.74, 6) is 0.778. The van der Waals surface area contributed by atoms with Gasteiger partial charge >= 0.3 is 0 Å². The Morgan fingerprint density at radius 1 is 0.714 bits per heavy atom. The third-order valence-electron chi connectivity index (χ3n) is 5.13. The maximum Gasteiger partial charge on any atom is 0.225 e. The molecule has 0 saturated carbocycles. The zero-order valence-corrected chi connectivity index (χ0v) is 15.4. The Labute approximate surface area is 163 Å². The zero-order valence-electron chi connectivity index (χ0n) is 15.4. The molecule has 6 heteroatoms. The van der Waals surface area contributed by atoms with Crippen LogP contribution in [-0.2, 0) is 0 Å². The van der Waals surface area contributed by atoms with E-state index in [0.717, 1.165) is 48.9 Å². The largest absolute Gasteiger partial charge is 0.367 e. The maximum atomic E-state index is 4.76. The van der Waals surface area contributed by atoms with Crippen molar-refractivity contribution < 1.29 is 0 Å². The number of hydrogen-bond donors (Lipinski definition) is 0. The van der Waals surface area contributed by atoms with Crippen LogP contribution in [0.5, 0.6) is 0 Å². The van der Waals surface area contributed by atoms with E-state index >= 15 is 0 Å². The summed E-state index contributed by atoms with van der Waals surface area (Å²) in [5.41, 5.74) is 4.19. The van der Waals surface area contributed by atoms with Gasteiger partial charge in [0.25, 0.3) is 0 Å². The van der Waals surface area contributed by atoms with Gasteiger partial charge in [0.05, 0.1) is 11.2 Å². The average Bonchev–Trinajstić information content (AvgIpc) is 2.79. The van der Waals surface area contributed by atoms with Gasteiger partial charge < -0.3 is 9.80 Å². The molecule has 6 nitrogen and oxygen atoms in total. The first kappa shape index (κ1) is 16.6. The van der Waals surface area contributed by atoms with Crippen LogP contribution in [0.1, 0.15) is 0 Å². The van der Waals surface area contributed by atoms with E-state index in [1.807, 2.05) is 42.9 Å². The van der Waals surface area contributed by atoms with Gasteiger partial charge in [0.1, 0.15) is 0 Å². The van der Waals surface area contributed by atoms with Crippen molar-refractivity contribution in [3.8, 4) is 11.3 Å². The number of para-hydroxylation sites is 1. The van der Waals surface area contributed by atoms with Crippen LogP contribution in [0, 0.1) is 0 Å². The Kier molecular flexibility index (Phi) is 4.29.